The van der Waals surface area contributed by atoms with Gasteiger partial charge in [0.05, 0.1) is 36.1 Å². The number of aromatic nitrogens is 6. The van der Waals surface area contributed by atoms with Gasteiger partial charge < -0.3 is 14.0 Å². The van der Waals surface area contributed by atoms with Gasteiger partial charge in [0, 0.05) is 54.7 Å². The molecular weight excluding hydrogens is 520 g/mol. The Balaban J connectivity index is 1.54. The van der Waals surface area contributed by atoms with E-state index in [9.17, 15) is 9.59 Å². The van der Waals surface area contributed by atoms with Crippen molar-refractivity contribution in [1.29, 1.82) is 0 Å². The molecule has 1 unspecified atom stereocenters. The van der Waals surface area contributed by atoms with E-state index < -0.39 is 6.04 Å². The molecule has 0 aliphatic heterocycles. The van der Waals surface area contributed by atoms with Crippen LogP contribution in [0.1, 0.15) is 18.0 Å². The Labute approximate surface area is 228 Å². The molecule has 0 fully saturated rings. The quantitative estimate of drug-likeness (QED) is 0.258. The molecule has 0 saturated carbocycles. The van der Waals surface area contributed by atoms with Gasteiger partial charge in [-0.15, -0.1) is 10.2 Å². The molecule has 0 radical (unpaired) electrons. The van der Waals surface area contributed by atoms with Crippen LogP contribution in [0.2, 0.25) is 5.02 Å². The van der Waals surface area contributed by atoms with Crippen LogP contribution in [-0.2, 0) is 16.0 Å². The van der Waals surface area contributed by atoms with Crippen LogP contribution < -0.4 is 10.3 Å². The molecule has 39 heavy (non-hydrogen) atoms. The number of methoxy groups -OCH3 is 2. The molecule has 0 saturated heterocycles. The fourth-order valence-electron chi connectivity index (χ4n) is 4.54. The predicted octanol–water partition coefficient (Wildman–Crippen LogP) is 4.09. The van der Waals surface area contributed by atoms with Gasteiger partial charge in [-0.25, -0.2) is 0 Å². The number of nitrogens with zero attached hydrogens (tertiary/aromatic N) is 6. The lowest BCUT2D eigenvalue weighted by Gasteiger charge is -2.21. The molecule has 0 aliphatic rings. The largest absolute Gasteiger partial charge is 0.495 e. The highest BCUT2D eigenvalue weighted by Crippen LogP contribution is 2.35. The van der Waals surface area contributed by atoms with Crippen LogP contribution in [0.5, 0.6) is 5.75 Å². The lowest BCUT2D eigenvalue weighted by atomic mass is 9.99. The number of fused-ring (bicyclic) bond motifs is 1. The Bertz CT molecular complexity index is 1690. The second-order valence-corrected chi connectivity index (χ2v) is 9.29. The lowest BCUT2D eigenvalue weighted by molar-refractivity contribution is -0.122. The second-order valence-electron chi connectivity index (χ2n) is 8.85. The third-order valence-electron chi connectivity index (χ3n) is 6.42. The smallest absolute Gasteiger partial charge is 0.252 e. The van der Waals surface area contributed by atoms with Crippen LogP contribution in [-0.4, -0.2) is 55.9 Å². The van der Waals surface area contributed by atoms with Gasteiger partial charge in [0.15, 0.2) is 5.78 Å². The van der Waals surface area contributed by atoms with Gasteiger partial charge in [-0.05, 0) is 42.3 Å². The summed E-state index contributed by atoms with van der Waals surface area (Å²) < 4.78 is 14.1. The normalized spacial score (nSPS) is 12.0. The molecule has 5 rings (SSSR count). The summed E-state index contributed by atoms with van der Waals surface area (Å²) in [4.78, 5) is 35.7. The van der Waals surface area contributed by atoms with E-state index in [4.69, 9.17) is 21.1 Å². The van der Waals surface area contributed by atoms with Crippen molar-refractivity contribution in [2.24, 2.45) is 0 Å². The molecule has 5 aromatic rings. The fourth-order valence-corrected chi connectivity index (χ4v) is 4.71. The van der Waals surface area contributed by atoms with Crippen LogP contribution >= 0.6 is 11.6 Å². The third kappa shape index (κ3) is 5.57. The Morgan fingerprint density at radius 3 is 2.49 bits per heavy atom. The number of benzene rings is 2. The highest BCUT2D eigenvalue weighted by Gasteiger charge is 2.24. The summed E-state index contributed by atoms with van der Waals surface area (Å²) in [6, 6.07) is 11.5. The van der Waals surface area contributed by atoms with Crippen molar-refractivity contribution in [3.8, 4) is 22.6 Å². The minimum atomic E-state index is -0.769. The maximum absolute atomic E-state index is 13.6. The van der Waals surface area contributed by atoms with E-state index in [0.717, 1.165) is 11.1 Å². The number of Topliss-reactive ketones (excluding diaryl/α,β-unsaturated/α-hetero) is 1. The van der Waals surface area contributed by atoms with Crippen LogP contribution in [0, 0.1) is 0 Å². The number of halogens is 1. The van der Waals surface area contributed by atoms with E-state index in [-0.39, 0.29) is 17.8 Å². The maximum atomic E-state index is 13.6. The van der Waals surface area contributed by atoms with E-state index in [1.54, 1.807) is 55.1 Å². The summed E-state index contributed by atoms with van der Waals surface area (Å²) in [6.07, 6.45) is 8.33. The first kappa shape index (κ1) is 26.2. The van der Waals surface area contributed by atoms with E-state index >= 15 is 0 Å². The van der Waals surface area contributed by atoms with Crippen molar-refractivity contribution in [3.05, 3.63) is 94.6 Å². The lowest BCUT2D eigenvalue weighted by Crippen LogP contribution is -2.31. The number of carbonyl (C=O) groups is 1. The highest BCUT2D eigenvalue weighted by atomic mass is 35.5. The molecule has 1 atom stereocenters. The number of carbonyl (C=O) groups excluding carboxylic acids is 1. The number of rotatable bonds is 10. The zero-order valence-electron chi connectivity index (χ0n) is 21.3. The molecule has 198 valence electrons. The average molecular weight is 545 g/mol. The molecule has 2 aromatic carbocycles. The second kappa shape index (κ2) is 11.5. The first-order valence-corrected chi connectivity index (χ1v) is 12.5. The maximum Gasteiger partial charge on any atom is 0.252 e. The van der Waals surface area contributed by atoms with Crippen molar-refractivity contribution in [3.63, 3.8) is 0 Å². The molecule has 3 heterocycles. The van der Waals surface area contributed by atoms with Crippen molar-refractivity contribution in [2.45, 2.75) is 18.9 Å². The standard InChI is InChI=1S/C28H25ClN6O4/c1-38-10-7-25(26(36)12-18-3-5-22-23(11-18)31-9-8-30-22)35-15-27(39-2)21(14-28(35)37)20-13-19(29)4-6-24(20)34-16-32-33-17-34/h3-6,8-9,11,13-17,25H,7,10,12H2,1-2H3. The van der Waals surface area contributed by atoms with E-state index in [2.05, 4.69) is 20.2 Å². The van der Waals surface area contributed by atoms with E-state index in [1.807, 2.05) is 24.3 Å². The average Bonchev–Trinajstić information content (AvgIpc) is 3.48. The van der Waals surface area contributed by atoms with Crippen molar-refractivity contribution in [2.75, 3.05) is 20.8 Å². The summed E-state index contributed by atoms with van der Waals surface area (Å²) in [6.45, 7) is 0.294. The summed E-state index contributed by atoms with van der Waals surface area (Å²) >= 11 is 6.33. The Hall–Kier alpha value is -4.41. The molecular formula is C28H25ClN6O4. The topological polar surface area (TPSA) is 114 Å². The molecule has 0 aliphatic carbocycles. The Kier molecular flexibility index (Phi) is 7.76. The SMILES string of the molecule is COCCC(C(=O)Cc1ccc2nccnc2c1)n1cc(OC)c(-c2cc(Cl)ccc2-n2cnnc2)cc1=O. The molecule has 0 N–H and O–H groups in total. The minimum absolute atomic E-state index is 0.115. The van der Waals surface area contributed by atoms with Crippen molar-refractivity contribution < 1.29 is 14.3 Å². The first-order chi connectivity index (χ1) is 19.0. The summed E-state index contributed by atoms with van der Waals surface area (Å²) in [7, 11) is 3.07. The Morgan fingerprint density at radius 1 is 0.974 bits per heavy atom. The van der Waals surface area contributed by atoms with Crippen LogP contribution in [0.4, 0.5) is 0 Å². The van der Waals surface area contributed by atoms with Gasteiger partial charge in [0.25, 0.3) is 5.56 Å². The van der Waals surface area contributed by atoms with Crippen LogP contribution in [0.25, 0.3) is 27.8 Å². The number of ketones is 1. The van der Waals surface area contributed by atoms with Gasteiger partial charge in [0.2, 0.25) is 0 Å². The van der Waals surface area contributed by atoms with Gasteiger partial charge in [-0.3, -0.25) is 24.1 Å². The van der Waals surface area contributed by atoms with Crippen LogP contribution in [0.3, 0.4) is 0 Å². The molecule has 0 bridgehead atoms. The zero-order valence-corrected chi connectivity index (χ0v) is 22.1. The molecule has 0 spiro atoms. The highest BCUT2D eigenvalue weighted by molar-refractivity contribution is 6.31. The third-order valence-corrected chi connectivity index (χ3v) is 6.66. The summed E-state index contributed by atoms with van der Waals surface area (Å²) in [5.74, 6) is 0.266. The minimum Gasteiger partial charge on any atom is -0.495 e. The van der Waals surface area contributed by atoms with E-state index in [0.29, 0.717) is 46.1 Å². The molecule has 11 heteroatoms. The number of pyridine rings is 1. The number of hydrogen-bond acceptors (Lipinski definition) is 8. The Morgan fingerprint density at radius 2 is 1.74 bits per heavy atom. The van der Waals surface area contributed by atoms with Gasteiger partial charge in [0.1, 0.15) is 18.4 Å². The summed E-state index contributed by atoms with van der Waals surface area (Å²) in [5, 5.41) is 8.24. The molecule has 10 nitrogen and oxygen atoms in total. The summed E-state index contributed by atoms with van der Waals surface area (Å²) in [5.41, 5.74) is 3.75. The number of hydrogen-bond donors (Lipinski definition) is 0. The predicted molar refractivity (Wildman–Crippen MR) is 146 cm³/mol. The molecule has 3 aromatic heterocycles. The first-order valence-electron chi connectivity index (χ1n) is 12.1. The van der Waals surface area contributed by atoms with Crippen molar-refractivity contribution >= 4 is 28.4 Å². The zero-order chi connectivity index (χ0) is 27.4. The van der Waals surface area contributed by atoms with Gasteiger partial charge in [-0.2, -0.15) is 0 Å². The number of ether oxygens (including phenoxy) is 2. The van der Waals surface area contributed by atoms with Crippen LogP contribution in [0.15, 0.2) is 78.5 Å². The van der Waals surface area contributed by atoms with Gasteiger partial charge in [-0.1, -0.05) is 17.7 Å². The monoisotopic (exact) mass is 544 g/mol. The van der Waals surface area contributed by atoms with Gasteiger partial charge >= 0.3 is 0 Å². The molecule has 0 amide bonds. The fraction of sp³-hybridized carbons (Fsp3) is 0.214. The van der Waals surface area contributed by atoms with Crippen molar-refractivity contribution in [1.82, 2.24) is 29.3 Å². The van der Waals surface area contributed by atoms with E-state index in [1.165, 1.54) is 17.7 Å².